The van der Waals surface area contributed by atoms with Gasteiger partial charge in [0.2, 0.25) is 0 Å². The number of ether oxygens (including phenoxy) is 1. The van der Waals surface area contributed by atoms with Crippen LogP contribution in [0.3, 0.4) is 0 Å². The van der Waals surface area contributed by atoms with Gasteiger partial charge in [0.1, 0.15) is 17.1 Å². The zero-order valence-electron chi connectivity index (χ0n) is 31.8. The second kappa shape index (κ2) is 15.7. The number of likely N-dealkylation sites (tertiary alicyclic amines) is 1. The number of carbonyl (C=O) groups excluding carboxylic acids is 3. The maximum absolute atomic E-state index is 13.6. The molecule has 3 amide bonds. The van der Waals surface area contributed by atoms with Crippen molar-refractivity contribution < 1.29 is 32.3 Å². The SMILES string of the molecule is CCc1cc(N2C(=S)N(c3cnc(N)c(C(F)(F)F)c3)C(=O)C2(C)C)ccc1OCCC1CCN(C(C)C(=O)Nc2ccc[c]([Sn]3=[C]4NC(=O)CC[CH]43)c2)CC1. The van der Waals surface area contributed by atoms with Gasteiger partial charge in [0, 0.05) is 5.69 Å². The molecule has 4 N–H and O–H groups in total. The van der Waals surface area contributed by atoms with Crippen LogP contribution in [0.25, 0.3) is 0 Å². The van der Waals surface area contributed by atoms with E-state index in [0.717, 1.165) is 72.9 Å². The number of hydrogen-bond acceptors (Lipinski definition) is 8. The Labute approximate surface area is 336 Å². The number of nitrogens with two attached hydrogens (primary N) is 1. The van der Waals surface area contributed by atoms with Gasteiger partial charge in [-0.3, -0.25) is 9.69 Å². The van der Waals surface area contributed by atoms with Crippen molar-refractivity contribution in [3.8, 4) is 5.75 Å². The number of amides is 3. The first-order chi connectivity index (χ1) is 26.6. The van der Waals surface area contributed by atoms with Gasteiger partial charge >= 0.3 is 174 Å². The van der Waals surface area contributed by atoms with E-state index in [9.17, 15) is 27.6 Å². The van der Waals surface area contributed by atoms with Gasteiger partial charge < -0.3 is 15.4 Å². The molecule has 2 unspecified atom stereocenters. The normalized spacial score (nSPS) is 20.6. The number of nitrogens with zero attached hydrogens (tertiary/aromatic N) is 4. The molecule has 2 aromatic carbocycles. The number of carbonyl (C=O) groups is 3. The summed E-state index contributed by atoms with van der Waals surface area (Å²) in [6, 6.07) is 14.3. The number of anilines is 4. The fourth-order valence-corrected chi connectivity index (χ4v) is 17.9. The second-order valence-electron chi connectivity index (χ2n) is 15.4. The first-order valence-corrected chi connectivity index (χ1v) is 24.0. The van der Waals surface area contributed by atoms with Gasteiger partial charge in [0.25, 0.3) is 5.91 Å². The number of fused-ring (bicyclic) bond motifs is 1. The molecule has 2 atom stereocenters. The molecule has 0 saturated carbocycles. The Morgan fingerprint density at radius 2 is 1.88 bits per heavy atom. The number of hydrogen-bond donors (Lipinski definition) is 3. The van der Waals surface area contributed by atoms with E-state index in [4.69, 9.17) is 22.7 Å². The van der Waals surface area contributed by atoms with Crippen LogP contribution >= 0.6 is 12.2 Å². The van der Waals surface area contributed by atoms with Crippen LogP contribution in [0.5, 0.6) is 5.75 Å². The van der Waals surface area contributed by atoms with Crippen molar-refractivity contribution in [2.75, 3.05) is 40.5 Å². The molecule has 56 heavy (non-hydrogen) atoms. The second-order valence-corrected chi connectivity index (χ2v) is 23.3. The van der Waals surface area contributed by atoms with Crippen LogP contribution in [0.1, 0.15) is 70.9 Å². The van der Waals surface area contributed by atoms with E-state index in [2.05, 4.69) is 32.7 Å². The fraction of sp³-hybridized carbons (Fsp3) is 0.450. The number of aryl methyl sites for hydroxylation is 1. The third-order valence-corrected chi connectivity index (χ3v) is 20.2. The summed E-state index contributed by atoms with van der Waals surface area (Å²) in [6.45, 7) is 9.46. The molecule has 11 nitrogen and oxygen atoms in total. The van der Waals surface area contributed by atoms with E-state index in [-0.39, 0.29) is 28.7 Å². The van der Waals surface area contributed by atoms with Crippen LogP contribution < -0.4 is 34.5 Å². The Bertz CT molecular complexity index is 2120. The minimum absolute atomic E-state index is 0.0183. The first kappa shape index (κ1) is 40.1. The Morgan fingerprint density at radius 3 is 2.57 bits per heavy atom. The summed E-state index contributed by atoms with van der Waals surface area (Å²) in [7, 11) is 0. The number of rotatable bonds is 11. The molecule has 3 fully saturated rings. The molecule has 0 spiro atoms. The first-order valence-electron chi connectivity index (χ1n) is 19.0. The summed E-state index contributed by atoms with van der Waals surface area (Å²) < 4.78 is 50.4. The van der Waals surface area contributed by atoms with Crippen molar-refractivity contribution in [3.63, 3.8) is 0 Å². The van der Waals surface area contributed by atoms with Crippen LogP contribution in [0.4, 0.5) is 36.1 Å². The standard InChI is InChI=1S/C35H40F3N6O3S.C5H6NO.Sn/c1-5-24-19-26(44-33(48)43(32(46)34(44,3)4)27-20-28(35(36,37)38)30(39)40-21-27)11-12-29(24)47-18-15-23-13-16-42(17-14-23)22(2)31(45)41-25-9-7-6-8-10-25;7-5-3-1-2-4-6-5;/h6-7,9-12,19-23H,5,13-18H2,1-4H3,(H2,39,40)(H,41,45);2H,1,3H2,(H,6,7);. The van der Waals surface area contributed by atoms with Crippen LogP contribution in [0, 0.1) is 5.92 Å². The monoisotopic (exact) mass is 897 g/mol. The number of pyridine rings is 1. The average molecular weight is 897 g/mol. The van der Waals surface area contributed by atoms with Gasteiger partial charge in [-0.05, 0) is 62.3 Å². The molecule has 5 heterocycles. The molecular formula is C40H46F3N7O4SSn. The summed E-state index contributed by atoms with van der Waals surface area (Å²) in [4.78, 5) is 47.4. The summed E-state index contributed by atoms with van der Waals surface area (Å²) in [5, 5.41) is 6.27. The third-order valence-electron chi connectivity index (χ3n) is 11.5. The maximum atomic E-state index is 13.6. The van der Waals surface area contributed by atoms with Crippen LogP contribution in [-0.2, 0) is 27.0 Å². The predicted octanol–water partition coefficient (Wildman–Crippen LogP) is 5.38. The summed E-state index contributed by atoms with van der Waals surface area (Å²) >= 11 is 3.73. The summed E-state index contributed by atoms with van der Waals surface area (Å²) in [6.07, 6.45) is 1.36. The van der Waals surface area contributed by atoms with E-state index in [1.165, 1.54) is 7.22 Å². The Balaban J connectivity index is 0.916. The molecule has 1 aromatic heterocycles. The Kier molecular flexibility index (Phi) is 11.2. The molecule has 16 heteroatoms. The van der Waals surface area contributed by atoms with Crippen LogP contribution in [-0.4, -0.2) is 86.9 Å². The number of nitrogens with one attached hydrogen (secondary N) is 2. The zero-order valence-corrected chi connectivity index (χ0v) is 35.5. The van der Waals surface area contributed by atoms with Gasteiger partial charge in [-0.15, -0.1) is 0 Å². The topological polar surface area (TPSA) is 133 Å². The Morgan fingerprint density at radius 1 is 1.12 bits per heavy atom. The molecule has 3 saturated heterocycles. The summed E-state index contributed by atoms with van der Waals surface area (Å²) in [5.74, 6) is 0.123. The molecule has 0 radical (unpaired) electrons. The van der Waals surface area contributed by atoms with Gasteiger partial charge in [-0.1, -0.05) is 6.92 Å². The molecule has 7 rings (SSSR count). The molecule has 296 valence electrons. The number of halogens is 3. The molecule has 4 aliphatic heterocycles. The van der Waals surface area contributed by atoms with Crippen molar-refractivity contribution in [2.24, 2.45) is 5.92 Å². The van der Waals surface area contributed by atoms with Gasteiger partial charge in [0.05, 0.1) is 17.4 Å². The number of benzene rings is 2. The number of piperidine rings is 2. The van der Waals surface area contributed by atoms with Crippen molar-refractivity contribution in [1.82, 2.24) is 15.2 Å². The Hall–Kier alpha value is -4.09. The minimum atomic E-state index is -4.75. The van der Waals surface area contributed by atoms with E-state index in [0.29, 0.717) is 35.0 Å². The van der Waals surface area contributed by atoms with Crippen molar-refractivity contribution >= 4 is 84.4 Å². The molecule has 0 aliphatic carbocycles. The van der Waals surface area contributed by atoms with E-state index < -0.39 is 48.3 Å². The van der Waals surface area contributed by atoms with Gasteiger partial charge in [0.15, 0.2) is 5.11 Å². The van der Waals surface area contributed by atoms with Crippen molar-refractivity contribution in [1.29, 1.82) is 0 Å². The zero-order chi connectivity index (χ0) is 40.1. The van der Waals surface area contributed by atoms with E-state index in [1.54, 1.807) is 18.7 Å². The molecule has 4 aliphatic rings. The third kappa shape index (κ3) is 7.90. The number of nitrogen functional groups attached to an aromatic ring is 1. The van der Waals surface area contributed by atoms with Crippen LogP contribution in [0.2, 0.25) is 3.93 Å². The van der Waals surface area contributed by atoms with Gasteiger partial charge in [-0.2, -0.15) is 13.2 Å². The van der Waals surface area contributed by atoms with E-state index in [1.807, 2.05) is 44.2 Å². The predicted molar refractivity (Wildman–Crippen MR) is 217 cm³/mol. The van der Waals surface area contributed by atoms with Crippen molar-refractivity contribution in [3.05, 3.63) is 65.9 Å². The van der Waals surface area contributed by atoms with Crippen LogP contribution in [0.15, 0.2) is 54.7 Å². The quantitative estimate of drug-likeness (QED) is 0.172. The summed E-state index contributed by atoms with van der Waals surface area (Å²) in [5.41, 5.74) is 5.41. The molecular weight excluding hydrogens is 850 g/mol. The number of thiocarbonyl (C=S) groups is 1. The number of aromatic nitrogens is 1. The average Bonchev–Trinajstić information content (AvgIpc) is 3.84. The van der Waals surface area contributed by atoms with E-state index >= 15 is 0 Å². The van der Waals surface area contributed by atoms with Crippen molar-refractivity contribution in [2.45, 2.75) is 87.9 Å². The number of alkyl halides is 3. The molecule has 0 bridgehead atoms. The van der Waals surface area contributed by atoms with Gasteiger partial charge in [-0.25, -0.2) is 4.98 Å². The molecule has 3 aromatic rings. The fourth-order valence-electron chi connectivity index (χ4n) is 8.09.